The van der Waals surface area contributed by atoms with Crippen molar-refractivity contribution in [1.29, 1.82) is 0 Å². The Labute approximate surface area is 200 Å². The van der Waals surface area contributed by atoms with Gasteiger partial charge >= 0.3 is 0 Å². The molecule has 0 bridgehead atoms. The molecule has 0 saturated heterocycles. The van der Waals surface area contributed by atoms with Crippen molar-refractivity contribution in [1.82, 2.24) is 30.1 Å². The molecular weight excluding hydrogens is 428 g/mol. The third kappa shape index (κ3) is 4.60. The fourth-order valence-electron chi connectivity index (χ4n) is 5.97. The lowest BCUT2D eigenvalue weighted by Crippen LogP contribution is -2.41. The van der Waals surface area contributed by atoms with E-state index in [2.05, 4.69) is 37.0 Å². The number of fused-ring (bicyclic) bond motifs is 1. The summed E-state index contributed by atoms with van der Waals surface area (Å²) in [5, 5.41) is 14.1. The molecule has 2 fully saturated rings. The molecule has 1 N–H and O–H groups in total. The molecule has 0 unspecified atom stereocenters. The Morgan fingerprint density at radius 2 is 1.88 bits per heavy atom. The first-order chi connectivity index (χ1) is 16.7. The van der Waals surface area contributed by atoms with Crippen LogP contribution < -0.4 is 10.3 Å². The Bertz CT molecular complexity index is 1160. The second-order valence-corrected chi connectivity index (χ2v) is 9.89. The van der Waals surface area contributed by atoms with Gasteiger partial charge in [0.25, 0.3) is 5.56 Å². The first-order valence-corrected chi connectivity index (χ1v) is 12.9. The predicted molar refractivity (Wildman–Crippen MR) is 132 cm³/mol. The van der Waals surface area contributed by atoms with Crippen molar-refractivity contribution < 1.29 is 4.74 Å². The Morgan fingerprint density at radius 3 is 2.62 bits per heavy atom. The highest BCUT2D eigenvalue weighted by molar-refractivity contribution is 5.80. The van der Waals surface area contributed by atoms with Gasteiger partial charge in [0.1, 0.15) is 5.75 Å². The highest BCUT2D eigenvalue weighted by atomic mass is 16.5. The number of nitrogens with zero attached hydrogens (tertiary/aromatic N) is 5. The molecule has 2 aliphatic carbocycles. The Hall–Kier alpha value is -2.74. The van der Waals surface area contributed by atoms with Gasteiger partial charge in [0.05, 0.1) is 19.2 Å². The number of pyridine rings is 1. The van der Waals surface area contributed by atoms with Gasteiger partial charge in [-0.2, -0.15) is 0 Å². The van der Waals surface area contributed by atoms with E-state index in [1.54, 1.807) is 7.11 Å². The number of methoxy groups -OCH3 is 1. The molecule has 5 rings (SSSR count). The minimum Gasteiger partial charge on any atom is -0.497 e. The molecule has 182 valence electrons. The second kappa shape index (κ2) is 10.3. The summed E-state index contributed by atoms with van der Waals surface area (Å²) in [5.41, 5.74) is 1.59. The number of ether oxygens (including phenoxy) is 1. The lowest BCUT2D eigenvalue weighted by atomic mass is 9.92. The summed E-state index contributed by atoms with van der Waals surface area (Å²) in [4.78, 5) is 18.7. The average Bonchev–Trinajstić information content (AvgIpc) is 3.57. The fraction of sp³-hybridized carbons (Fsp3) is 0.615. The van der Waals surface area contributed by atoms with Crippen molar-refractivity contribution in [2.45, 2.75) is 95.8 Å². The van der Waals surface area contributed by atoms with Gasteiger partial charge in [-0.05, 0) is 66.8 Å². The lowest BCUT2D eigenvalue weighted by molar-refractivity contribution is 0.0830. The van der Waals surface area contributed by atoms with Gasteiger partial charge in [-0.1, -0.05) is 39.0 Å². The van der Waals surface area contributed by atoms with E-state index in [4.69, 9.17) is 4.74 Å². The number of rotatable bonds is 8. The van der Waals surface area contributed by atoms with E-state index in [0.717, 1.165) is 60.1 Å². The average molecular weight is 465 g/mol. The quantitative estimate of drug-likeness (QED) is 0.509. The van der Waals surface area contributed by atoms with Crippen molar-refractivity contribution in [2.75, 3.05) is 7.11 Å². The second-order valence-electron chi connectivity index (χ2n) is 9.89. The molecule has 3 aromatic rings. The van der Waals surface area contributed by atoms with Crippen LogP contribution in [0.1, 0.15) is 94.6 Å². The van der Waals surface area contributed by atoms with Crippen LogP contribution in [-0.2, 0) is 6.54 Å². The summed E-state index contributed by atoms with van der Waals surface area (Å²) in [7, 11) is 1.67. The molecule has 2 heterocycles. The number of hydrogen-bond acceptors (Lipinski definition) is 6. The minimum atomic E-state index is -0.0243. The molecule has 0 aliphatic heterocycles. The van der Waals surface area contributed by atoms with E-state index < -0.39 is 0 Å². The first kappa shape index (κ1) is 23.0. The molecule has 0 spiro atoms. The number of benzene rings is 1. The van der Waals surface area contributed by atoms with Gasteiger partial charge in [0.2, 0.25) is 0 Å². The molecule has 8 heteroatoms. The van der Waals surface area contributed by atoms with Crippen molar-refractivity contribution in [3.05, 3.63) is 46.0 Å². The van der Waals surface area contributed by atoms with Crippen LogP contribution in [0.3, 0.4) is 0 Å². The number of aromatic amines is 1. The molecule has 8 nitrogen and oxygen atoms in total. The maximum atomic E-state index is 13.1. The van der Waals surface area contributed by atoms with Crippen LogP contribution in [0.2, 0.25) is 0 Å². The first-order valence-electron chi connectivity index (χ1n) is 12.9. The molecule has 0 radical (unpaired) electrons. The Kier molecular flexibility index (Phi) is 6.94. The van der Waals surface area contributed by atoms with Crippen molar-refractivity contribution in [2.24, 2.45) is 0 Å². The highest BCUT2D eigenvalue weighted by Gasteiger charge is 2.33. The molecule has 1 aromatic carbocycles. The van der Waals surface area contributed by atoms with Gasteiger partial charge in [0, 0.05) is 29.1 Å². The molecule has 2 aromatic heterocycles. The van der Waals surface area contributed by atoms with E-state index >= 15 is 0 Å². The number of nitrogens with one attached hydrogen (secondary N) is 1. The number of hydrogen-bond donors (Lipinski definition) is 1. The number of tetrazole rings is 1. The fourth-order valence-corrected chi connectivity index (χ4v) is 5.97. The molecule has 2 saturated carbocycles. The van der Waals surface area contributed by atoms with Gasteiger partial charge < -0.3 is 9.72 Å². The summed E-state index contributed by atoms with van der Waals surface area (Å²) < 4.78 is 7.50. The van der Waals surface area contributed by atoms with Crippen molar-refractivity contribution in [3.63, 3.8) is 0 Å². The van der Waals surface area contributed by atoms with E-state index in [1.165, 1.54) is 32.1 Å². The number of H-pyrrole nitrogens is 1. The van der Waals surface area contributed by atoms with Gasteiger partial charge in [-0.25, -0.2) is 4.68 Å². The van der Waals surface area contributed by atoms with Crippen LogP contribution in [-0.4, -0.2) is 43.2 Å². The van der Waals surface area contributed by atoms with Crippen molar-refractivity contribution >= 4 is 10.9 Å². The van der Waals surface area contributed by atoms with Crippen LogP contribution >= 0.6 is 0 Å². The number of aromatic nitrogens is 5. The molecule has 1 atom stereocenters. The monoisotopic (exact) mass is 464 g/mol. The molecule has 34 heavy (non-hydrogen) atoms. The maximum absolute atomic E-state index is 13.1. The van der Waals surface area contributed by atoms with Gasteiger partial charge in [-0.3, -0.25) is 9.69 Å². The van der Waals surface area contributed by atoms with Gasteiger partial charge in [0.15, 0.2) is 5.82 Å². The molecular formula is C26H36N6O2. The predicted octanol–water partition coefficient (Wildman–Crippen LogP) is 4.92. The van der Waals surface area contributed by atoms with Crippen LogP contribution in [0.15, 0.2) is 29.1 Å². The Balaban J connectivity index is 1.52. The summed E-state index contributed by atoms with van der Waals surface area (Å²) in [5.74, 6) is 1.75. The zero-order chi connectivity index (χ0) is 23.5. The van der Waals surface area contributed by atoms with Crippen LogP contribution in [0.25, 0.3) is 10.9 Å². The summed E-state index contributed by atoms with van der Waals surface area (Å²) >= 11 is 0. The van der Waals surface area contributed by atoms with E-state index in [9.17, 15) is 4.79 Å². The van der Waals surface area contributed by atoms with Crippen LogP contribution in [0.5, 0.6) is 5.75 Å². The van der Waals surface area contributed by atoms with Crippen molar-refractivity contribution in [3.8, 4) is 5.75 Å². The largest absolute Gasteiger partial charge is 0.497 e. The zero-order valence-corrected chi connectivity index (χ0v) is 20.4. The van der Waals surface area contributed by atoms with E-state index in [0.29, 0.717) is 18.6 Å². The van der Waals surface area contributed by atoms with Gasteiger partial charge in [-0.15, -0.1) is 5.10 Å². The summed E-state index contributed by atoms with van der Waals surface area (Å²) in [6.45, 7) is 2.80. The van der Waals surface area contributed by atoms with E-state index in [-0.39, 0.29) is 11.6 Å². The topological polar surface area (TPSA) is 88.9 Å². The SMILES string of the molecule is CC[C@@H](c1nnnn1C1CCCC1)N(Cc1cc2cc(OC)ccc2[nH]c1=O)C1CCCCC1. The third-order valence-electron chi connectivity index (χ3n) is 7.80. The third-order valence-corrected chi connectivity index (χ3v) is 7.80. The zero-order valence-electron chi connectivity index (χ0n) is 20.4. The Morgan fingerprint density at radius 1 is 1.12 bits per heavy atom. The van der Waals surface area contributed by atoms with Crippen LogP contribution in [0, 0.1) is 0 Å². The molecule has 0 amide bonds. The minimum absolute atomic E-state index is 0.0243. The smallest absolute Gasteiger partial charge is 0.252 e. The molecule has 2 aliphatic rings. The maximum Gasteiger partial charge on any atom is 0.252 e. The normalized spacial score (nSPS) is 18.7. The van der Waals surface area contributed by atoms with Crippen LogP contribution in [0.4, 0.5) is 0 Å². The summed E-state index contributed by atoms with van der Waals surface area (Å²) in [6, 6.07) is 8.69. The van der Waals surface area contributed by atoms with E-state index in [1.807, 2.05) is 24.3 Å². The lowest BCUT2D eigenvalue weighted by Gasteiger charge is -2.39. The summed E-state index contributed by atoms with van der Waals surface area (Å²) in [6.07, 6.45) is 11.7. The standard InChI is InChI=1S/C26H36N6O2/c1-3-24(25-28-29-30-32(25)21-11-7-8-12-21)31(20-9-5-4-6-10-20)17-19-15-18-16-22(34-2)13-14-23(18)27-26(19)33/h13-16,20-21,24H,3-12,17H2,1-2H3,(H,27,33)/t24-/m0/s1. The highest BCUT2D eigenvalue weighted by Crippen LogP contribution is 2.36.